The van der Waals surface area contributed by atoms with Gasteiger partial charge in [0.05, 0.1) is 5.56 Å². The normalized spacial score (nSPS) is 16.3. The lowest BCUT2D eigenvalue weighted by atomic mass is 10.1. The van der Waals surface area contributed by atoms with E-state index >= 15 is 0 Å². The summed E-state index contributed by atoms with van der Waals surface area (Å²) < 4.78 is 0. The van der Waals surface area contributed by atoms with Gasteiger partial charge in [-0.3, -0.25) is 4.79 Å². The Morgan fingerprint density at radius 3 is 2.83 bits per heavy atom. The third-order valence-electron chi connectivity index (χ3n) is 3.60. The van der Waals surface area contributed by atoms with Crippen LogP contribution in [0.5, 0.6) is 0 Å². The number of nitrogen functional groups attached to an aromatic ring is 1. The molecule has 0 bridgehead atoms. The molecule has 1 unspecified atom stereocenters. The predicted molar refractivity (Wildman–Crippen MR) is 74.5 cm³/mol. The van der Waals surface area contributed by atoms with Crippen molar-refractivity contribution in [3.8, 4) is 0 Å². The number of benzene rings is 1. The van der Waals surface area contributed by atoms with Crippen molar-refractivity contribution in [2.75, 3.05) is 5.73 Å². The molecular formula is C15H22N2O. The third-order valence-corrected chi connectivity index (χ3v) is 3.60. The number of carbonyl (C=O) groups is 1. The van der Waals surface area contributed by atoms with E-state index in [1.54, 1.807) is 6.07 Å². The Kier molecular flexibility index (Phi) is 3.90. The summed E-state index contributed by atoms with van der Waals surface area (Å²) in [6, 6.07) is 5.86. The van der Waals surface area contributed by atoms with E-state index in [9.17, 15) is 4.79 Å². The molecule has 0 aliphatic heterocycles. The van der Waals surface area contributed by atoms with Gasteiger partial charge < -0.3 is 11.1 Å². The van der Waals surface area contributed by atoms with Crippen molar-refractivity contribution >= 4 is 11.6 Å². The molecule has 3 heteroatoms. The van der Waals surface area contributed by atoms with Gasteiger partial charge >= 0.3 is 0 Å². The molecule has 0 aromatic heterocycles. The minimum absolute atomic E-state index is 0.0382. The fraction of sp³-hybridized carbons (Fsp3) is 0.533. The molecule has 18 heavy (non-hydrogen) atoms. The summed E-state index contributed by atoms with van der Waals surface area (Å²) >= 11 is 0. The molecule has 0 radical (unpaired) electrons. The Morgan fingerprint density at radius 1 is 1.50 bits per heavy atom. The topological polar surface area (TPSA) is 55.1 Å². The van der Waals surface area contributed by atoms with Crippen molar-refractivity contribution in [2.45, 2.75) is 45.6 Å². The smallest absolute Gasteiger partial charge is 0.253 e. The monoisotopic (exact) mass is 246 g/mol. The molecule has 1 amide bonds. The van der Waals surface area contributed by atoms with Crippen molar-refractivity contribution in [3.05, 3.63) is 29.3 Å². The van der Waals surface area contributed by atoms with Gasteiger partial charge in [0.15, 0.2) is 0 Å². The quantitative estimate of drug-likeness (QED) is 0.785. The van der Waals surface area contributed by atoms with Gasteiger partial charge in [0, 0.05) is 11.7 Å². The Hall–Kier alpha value is -1.51. The van der Waals surface area contributed by atoms with Crippen molar-refractivity contribution in [1.82, 2.24) is 5.32 Å². The third kappa shape index (κ3) is 3.25. The van der Waals surface area contributed by atoms with Crippen LogP contribution < -0.4 is 11.1 Å². The first-order chi connectivity index (χ1) is 8.60. The van der Waals surface area contributed by atoms with Gasteiger partial charge in [0.2, 0.25) is 0 Å². The van der Waals surface area contributed by atoms with Crippen molar-refractivity contribution < 1.29 is 4.79 Å². The van der Waals surface area contributed by atoms with E-state index in [-0.39, 0.29) is 11.9 Å². The molecule has 2 rings (SSSR count). The summed E-state index contributed by atoms with van der Waals surface area (Å²) in [6.45, 7) is 4.09. The molecule has 1 saturated carbocycles. The van der Waals surface area contributed by atoms with Crippen LogP contribution in [0.3, 0.4) is 0 Å². The molecule has 1 fully saturated rings. The minimum atomic E-state index is -0.0382. The molecule has 0 spiro atoms. The highest BCUT2D eigenvalue weighted by Gasteiger charge is 2.25. The number of anilines is 1. The summed E-state index contributed by atoms with van der Waals surface area (Å²) in [5.74, 6) is 0.786. The van der Waals surface area contributed by atoms with Gasteiger partial charge in [0.1, 0.15) is 0 Å². The summed E-state index contributed by atoms with van der Waals surface area (Å²) in [7, 11) is 0. The average Bonchev–Trinajstić information content (AvgIpc) is 3.15. The molecule has 1 aromatic carbocycles. The molecule has 3 N–H and O–H groups in total. The van der Waals surface area contributed by atoms with Crippen molar-refractivity contribution in [3.63, 3.8) is 0 Å². The molecule has 3 nitrogen and oxygen atoms in total. The standard InChI is InChI=1S/C15H22N2O/c1-3-12(9-11-5-6-11)17-15(18)13-8-10(2)4-7-14(13)16/h4,7-8,11-12H,3,5-6,9,16H2,1-2H3,(H,17,18). The van der Waals surface area contributed by atoms with Gasteiger partial charge in [0.25, 0.3) is 5.91 Å². The van der Waals surface area contributed by atoms with Crippen LogP contribution in [0, 0.1) is 12.8 Å². The van der Waals surface area contributed by atoms with E-state index in [1.165, 1.54) is 12.8 Å². The summed E-state index contributed by atoms with van der Waals surface area (Å²) in [6.07, 6.45) is 4.72. The highest BCUT2D eigenvalue weighted by atomic mass is 16.1. The SMILES string of the molecule is CCC(CC1CC1)NC(=O)c1cc(C)ccc1N. The van der Waals surface area contributed by atoms with Crippen molar-refractivity contribution in [2.24, 2.45) is 5.92 Å². The number of hydrogen-bond acceptors (Lipinski definition) is 2. The van der Waals surface area contributed by atoms with Crippen LogP contribution in [-0.4, -0.2) is 11.9 Å². The largest absolute Gasteiger partial charge is 0.398 e. The highest BCUT2D eigenvalue weighted by Crippen LogP contribution is 2.34. The van der Waals surface area contributed by atoms with Gasteiger partial charge in [-0.25, -0.2) is 0 Å². The lowest BCUT2D eigenvalue weighted by Gasteiger charge is -2.17. The van der Waals surface area contributed by atoms with E-state index in [1.807, 2.05) is 19.1 Å². The van der Waals surface area contributed by atoms with Crippen LogP contribution in [0.1, 0.15) is 48.5 Å². The van der Waals surface area contributed by atoms with Crippen LogP contribution >= 0.6 is 0 Å². The maximum atomic E-state index is 12.2. The van der Waals surface area contributed by atoms with Gasteiger partial charge in [-0.05, 0) is 37.8 Å². The number of nitrogens with two attached hydrogens (primary N) is 1. The zero-order chi connectivity index (χ0) is 13.1. The van der Waals surface area contributed by atoms with Crippen LogP contribution in [0.15, 0.2) is 18.2 Å². The number of carbonyl (C=O) groups excluding carboxylic acids is 1. The van der Waals surface area contributed by atoms with Crippen LogP contribution in [0.2, 0.25) is 0 Å². The number of hydrogen-bond donors (Lipinski definition) is 2. The molecule has 0 heterocycles. The molecule has 0 saturated heterocycles. The lowest BCUT2D eigenvalue weighted by Crippen LogP contribution is -2.35. The fourth-order valence-corrected chi connectivity index (χ4v) is 2.21. The maximum Gasteiger partial charge on any atom is 0.253 e. The number of amides is 1. The minimum Gasteiger partial charge on any atom is -0.398 e. The zero-order valence-corrected chi connectivity index (χ0v) is 11.2. The Balaban J connectivity index is 2.02. The van der Waals surface area contributed by atoms with Crippen LogP contribution in [0.25, 0.3) is 0 Å². The van der Waals surface area contributed by atoms with E-state index in [0.29, 0.717) is 11.3 Å². The fourth-order valence-electron chi connectivity index (χ4n) is 2.21. The van der Waals surface area contributed by atoms with Gasteiger partial charge in [-0.1, -0.05) is 31.4 Å². The molecule has 1 aromatic rings. The lowest BCUT2D eigenvalue weighted by molar-refractivity contribution is 0.0933. The van der Waals surface area contributed by atoms with Crippen LogP contribution in [-0.2, 0) is 0 Å². The van der Waals surface area contributed by atoms with E-state index in [2.05, 4.69) is 12.2 Å². The molecule has 1 aliphatic carbocycles. The number of aryl methyl sites for hydroxylation is 1. The van der Waals surface area contributed by atoms with E-state index < -0.39 is 0 Å². The Labute approximate surface area is 109 Å². The summed E-state index contributed by atoms with van der Waals surface area (Å²) in [5, 5.41) is 3.10. The summed E-state index contributed by atoms with van der Waals surface area (Å²) in [4.78, 5) is 12.2. The van der Waals surface area contributed by atoms with E-state index in [4.69, 9.17) is 5.73 Å². The summed E-state index contributed by atoms with van der Waals surface area (Å²) in [5.41, 5.74) is 8.08. The molecule has 98 valence electrons. The molecule has 1 aliphatic rings. The predicted octanol–water partition coefficient (Wildman–Crippen LogP) is 2.89. The average molecular weight is 246 g/mol. The van der Waals surface area contributed by atoms with Crippen LogP contribution in [0.4, 0.5) is 5.69 Å². The van der Waals surface area contributed by atoms with Gasteiger partial charge in [-0.15, -0.1) is 0 Å². The first-order valence-corrected chi connectivity index (χ1v) is 6.77. The van der Waals surface area contributed by atoms with Gasteiger partial charge in [-0.2, -0.15) is 0 Å². The molecule has 1 atom stereocenters. The first-order valence-electron chi connectivity index (χ1n) is 6.77. The highest BCUT2D eigenvalue weighted by molar-refractivity contribution is 5.99. The Morgan fingerprint density at radius 2 is 2.22 bits per heavy atom. The second kappa shape index (κ2) is 5.42. The number of rotatable bonds is 5. The second-order valence-electron chi connectivity index (χ2n) is 5.35. The second-order valence-corrected chi connectivity index (χ2v) is 5.35. The Bertz CT molecular complexity index is 438. The zero-order valence-electron chi connectivity index (χ0n) is 11.2. The maximum absolute atomic E-state index is 12.2. The molecular weight excluding hydrogens is 224 g/mol. The first kappa shape index (κ1) is 12.9. The van der Waals surface area contributed by atoms with E-state index in [0.717, 1.165) is 24.3 Å². The van der Waals surface area contributed by atoms with Crippen molar-refractivity contribution in [1.29, 1.82) is 0 Å². The number of nitrogens with one attached hydrogen (secondary N) is 1.